The summed E-state index contributed by atoms with van der Waals surface area (Å²) in [6, 6.07) is 17.6. The zero-order valence-electron chi connectivity index (χ0n) is 30.4. The second kappa shape index (κ2) is 22.1. The molecule has 55 heavy (non-hydrogen) atoms. The molecule has 1 amide bonds. The van der Waals surface area contributed by atoms with E-state index in [0.717, 1.165) is 35.3 Å². The average Bonchev–Trinajstić information content (AvgIpc) is 3.09. The van der Waals surface area contributed by atoms with Crippen molar-refractivity contribution in [2.45, 2.75) is 72.3 Å². The number of rotatable bonds is 17. The Bertz CT molecular complexity index is 1930. The highest BCUT2D eigenvalue weighted by molar-refractivity contribution is 6.38. The summed E-state index contributed by atoms with van der Waals surface area (Å²) in [7, 11) is 0. The van der Waals surface area contributed by atoms with Crippen LogP contribution < -0.4 is 25.4 Å². The highest BCUT2D eigenvalue weighted by Gasteiger charge is 2.16. The van der Waals surface area contributed by atoms with E-state index in [0.29, 0.717) is 33.4 Å². The van der Waals surface area contributed by atoms with E-state index in [4.69, 9.17) is 89.3 Å². The lowest BCUT2D eigenvalue weighted by Gasteiger charge is -2.16. The molecule has 0 aromatic heterocycles. The predicted molar refractivity (Wildman–Crippen MR) is 223 cm³/mol. The molecule has 5 N–H and O–H groups in total. The van der Waals surface area contributed by atoms with Gasteiger partial charge >= 0.3 is 11.9 Å². The number of carbonyl (C=O) groups excluding carboxylic acids is 1. The van der Waals surface area contributed by atoms with Crippen molar-refractivity contribution in [3.05, 3.63) is 113 Å². The highest BCUT2D eigenvalue weighted by atomic mass is 35.5. The molecular formula is C39H41Cl6N3O7. The van der Waals surface area contributed by atoms with Gasteiger partial charge in [-0.25, -0.2) is 0 Å². The van der Waals surface area contributed by atoms with E-state index in [2.05, 4.69) is 43.6 Å². The normalized spacial score (nSPS) is 11.7. The van der Waals surface area contributed by atoms with Gasteiger partial charge < -0.3 is 35.6 Å². The number of nitrogens with one attached hydrogen (secondary N) is 3. The fraction of sp³-hybridized carbons (Fsp3) is 0.308. The first-order valence-electron chi connectivity index (χ1n) is 17.0. The van der Waals surface area contributed by atoms with Crippen LogP contribution in [0.2, 0.25) is 30.1 Å². The second-order valence-electron chi connectivity index (χ2n) is 12.5. The van der Waals surface area contributed by atoms with Crippen molar-refractivity contribution in [1.29, 1.82) is 0 Å². The first kappa shape index (κ1) is 45.6. The maximum Gasteiger partial charge on any atom is 0.322 e. The standard InChI is InChI=1S/C20H21Cl3N2O4.C19H20Cl3NO3/c1-3-11(2)25-15-5-12(4-14(21)8-15)10-29-19-16(22)6-13(7-17(19)23)20(28)24-9-18(26)27;1-3-11(2)23-15-5-13(4-14(20)9-15)10-26-19-16(21)6-12(7-17(19)22)8-18(24)25/h4-8,11,25H,3,9-10H2,1-2H3,(H,24,28)(H,26,27);4-7,9,11,23H,3,8,10H2,1-2H3,(H,24,25). The fourth-order valence-electron chi connectivity index (χ4n) is 4.83. The van der Waals surface area contributed by atoms with Crippen LogP contribution in [-0.2, 0) is 29.2 Å². The third-order valence-electron chi connectivity index (χ3n) is 7.81. The Morgan fingerprint density at radius 1 is 0.600 bits per heavy atom. The molecule has 0 aliphatic rings. The quantitative estimate of drug-likeness (QED) is 0.0699. The summed E-state index contributed by atoms with van der Waals surface area (Å²) in [5.41, 5.74) is 4.13. The largest absolute Gasteiger partial charge is 0.486 e. The van der Waals surface area contributed by atoms with Gasteiger partial charge in [-0.3, -0.25) is 14.4 Å². The summed E-state index contributed by atoms with van der Waals surface area (Å²) in [5.74, 6) is -2.16. The molecule has 2 atom stereocenters. The zero-order chi connectivity index (χ0) is 40.8. The van der Waals surface area contributed by atoms with E-state index in [1.807, 2.05) is 30.3 Å². The number of hydrogen-bond acceptors (Lipinski definition) is 7. The summed E-state index contributed by atoms with van der Waals surface area (Å²) in [6.45, 7) is 8.24. The van der Waals surface area contributed by atoms with Gasteiger partial charge in [0.05, 0.1) is 26.5 Å². The molecule has 4 rings (SSSR count). The van der Waals surface area contributed by atoms with E-state index in [1.54, 1.807) is 18.2 Å². The van der Waals surface area contributed by atoms with Crippen LogP contribution in [0.25, 0.3) is 0 Å². The average molecular weight is 876 g/mol. The molecule has 0 spiro atoms. The van der Waals surface area contributed by atoms with Crippen molar-refractivity contribution < 1.29 is 34.1 Å². The van der Waals surface area contributed by atoms with Gasteiger partial charge in [-0.15, -0.1) is 0 Å². The van der Waals surface area contributed by atoms with Crippen molar-refractivity contribution >= 4 is 98.8 Å². The van der Waals surface area contributed by atoms with Crippen LogP contribution in [0.3, 0.4) is 0 Å². The molecule has 0 radical (unpaired) electrons. The molecule has 0 saturated heterocycles. The molecule has 0 aliphatic carbocycles. The third-order valence-corrected chi connectivity index (χ3v) is 9.37. The SMILES string of the molecule is CCC(C)Nc1cc(Cl)cc(COc2c(Cl)cc(C(=O)NCC(=O)O)cc2Cl)c1.CCC(C)Nc1cc(Cl)cc(COc2c(Cl)cc(CC(=O)O)cc2Cl)c1. The summed E-state index contributed by atoms with van der Waals surface area (Å²) >= 11 is 37.2. The lowest BCUT2D eigenvalue weighted by atomic mass is 10.1. The summed E-state index contributed by atoms with van der Waals surface area (Å²) in [4.78, 5) is 33.4. The van der Waals surface area contributed by atoms with Crippen LogP contribution in [0.4, 0.5) is 11.4 Å². The van der Waals surface area contributed by atoms with Crippen molar-refractivity contribution in [2.75, 3.05) is 17.2 Å². The predicted octanol–water partition coefficient (Wildman–Crippen LogP) is 11.3. The highest BCUT2D eigenvalue weighted by Crippen LogP contribution is 2.36. The minimum Gasteiger partial charge on any atom is -0.486 e. The zero-order valence-corrected chi connectivity index (χ0v) is 34.9. The van der Waals surface area contributed by atoms with Gasteiger partial charge in [-0.2, -0.15) is 0 Å². The molecule has 0 aliphatic heterocycles. The molecule has 0 saturated carbocycles. The van der Waals surface area contributed by atoms with Crippen LogP contribution in [0.1, 0.15) is 67.6 Å². The Kier molecular flexibility index (Phi) is 18.3. The van der Waals surface area contributed by atoms with Gasteiger partial charge in [0.1, 0.15) is 19.8 Å². The Morgan fingerprint density at radius 2 is 1.02 bits per heavy atom. The monoisotopic (exact) mass is 873 g/mol. The van der Waals surface area contributed by atoms with Gasteiger partial charge in [0.2, 0.25) is 0 Å². The van der Waals surface area contributed by atoms with E-state index in [9.17, 15) is 14.4 Å². The lowest BCUT2D eigenvalue weighted by molar-refractivity contribution is -0.137. The number of benzene rings is 4. The maximum atomic E-state index is 12.0. The van der Waals surface area contributed by atoms with Gasteiger partial charge in [0.25, 0.3) is 5.91 Å². The molecule has 4 aromatic rings. The number of halogens is 6. The Balaban J connectivity index is 0.000000297. The molecule has 4 aromatic carbocycles. The van der Waals surface area contributed by atoms with Gasteiger partial charge in [-0.05, 0) is 104 Å². The number of hydrogen-bond donors (Lipinski definition) is 5. The van der Waals surface area contributed by atoms with Gasteiger partial charge in [0, 0.05) is 39.1 Å². The molecule has 16 heteroatoms. The summed E-state index contributed by atoms with van der Waals surface area (Å²) in [6.07, 6.45) is 1.81. The van der Waals surface area contributed by atoms with E-state index in [-0.39, 0.29) is 51.0 Å². The fourth-order valence-corrected chi connectivity index (χ4v) is 6.59. The molecule has 2 unspecified atom stereocenters. The first-order valence-corrected chi connectivity index (χ1v) is 19.3. The Labute approximate surface area is 350 Å². The van der Waals surface area contributed by atoms with Crippen LogP contribution in [0, 0.1) is 0 Å². The summed E-state index contributed by atoms with van der Waals surface area (Å²) in [5, 5.41) is 28.5. The minimum absolute atomic E-state index is 0.136. The van der Waals surface area contributed by atoms with E-state index < -0.39 is 24.4 Å². The maximum absolute atomic E-state index is 12.0. The number of carbonyl (C=O) groups is 3. The van der Waals surface area contributed by atoms with Crippen LogP contribution in [0.15, 0.2) is 60.7 Å². The Morgan fingerprint density at radius 3 is 1.40 bits per heavy atom. The molecule has 296 valence electrons. The molecule has 0 fully saturated rings. The third kappa shape index (κ3) is 15.4. The molecular weight excluding hydrogens is 835 g/mol. The number of carboxylic acids is 2. The van der Waals surface area contributed by atoms with Gasteiger partial charge in [0.15, 0.2) is 11.5 Å². The number of amides is 1. The number of anilines is 2. The molecule has 0 bridgehead atoms. The number of carboxylic acid groups (broad SMARTS) is 2. The summed E-state index contributed by atoms with van der Waals surface area (Å²) < 4.78 is 11.5. The molecule has 10 nitrogen and oxygen atoms in total. The van der Waals surface area contributed by atoms with Crippen LogP contribution >= 0.6 is 69.6 Å². The van der Waals surface area contributed by atoms with Crippen LogP contribution in [-0.4, -0.2) is 46.7 Å². The number of ether oxygens (including phenoxy) is 2. The van der Waals surface area contributed by atoms with Crippen molar-refractivity contribution in [3.8, 4) is 11.5 Å². The lowest BCUT2D eigenvalue weighted by Crippen LogP contribution is -2.29. The Hall–Kier alpha value is -3.77. The van der Waals surface area contributed by atoms with Gasteiger partial charge in [-0.1, -0.05) is 83.5 Å². The van der Waals surface area contributed by atoms with Crippen molar-refractivity contribution in [3.63, 3.8) is 0 Å². The topological polar surface area (TPSA) is 146 Å². The van der Waals surface area contributed by atoms with Crippen molar-refractivity contribution in [1.82, 2.24) is 5.32 Å². The smallest absolute Gasteiger partial charge is 0.322 e. The number of aliphatic carboxylic acids is 2. The van der Waals surface area contributed by atoms with E-state index >= 15 is 0 Å². The van der Waals surface area contributed by atoms with E-state index in [1.165, 1.54) is 12.1 Å². The first-order chi connectivity index (χ1) is 26.0. The second-order valence-corrected chi connectivity index (χ2v) is 15.0. The van der Waals surface area contributed by atoms with Crippen LogP contribution in [0.5, 0.6) is 11.5 Å². The van der Waals surface area contributed by atoms with Crippen molar-refractivity contribution in [2.24, 2.45) is 0 Å². The minimum atomic E-state index is -1.15. The molecule has 0 heterocycles.